The van der Waals surface area contributed by atoms with Gasteiger partial charge in [0.25, 0.3) is 5.91 Å². The first-order valence-electron chi connectivity index (χ1n) is 10.3. The summed E-state index contributed by atoms with van der Waals surface area (Å²) in [7, 11) is 0. The highest BCUT2D eigenvalue weighted by Gasteiger charge is 2.06. The number of hydroxylamine groups is 1. The molecular formula is C26H24N2O3S. The minimum Gasteiger partial charge on any atom is -0.489 e. The molecule has 32 heavy (non-hydrogen) atoms. The maximum absolute atomic E-state index is 11.6. The number of ether oxygens (including phenoxy) is 1. The molecule has 0 saturated carbocycles. The quantitative estimate of drug-likeness (QED) is 0.243. The third-order valence-electron chi connectivity index (χ3n) is 5.04. The Morgan fingerprint density at radius 3 is 2.56 bits per heavy atom. The molecule has 0 saturated heterocycles. The summed E-state index contributed by atoms with van der Waals surface area (Å²) in [6, 6.07) is 25.5. The first-order chi connectivity index (χ1) is 15.7. The van der Waals surface area contributed by atoms with Gasteiger partial charge in [0.1, 0.15) is 12.4 Å². The summed E-state index contributed by atoms with van der Waals surface area (Å²) >= 11 is 1.73. The normalized spacial score (nSPS) is 11.5. The number of benzene rings is 3. The SMILES string of the molecule is O=C(NO)c1ccc(/C=C(/CNCc2cccs2)COc2cccc3ccccc23)cc1. The van der Waals surface area contributed by atoms with Crippen molar-refractivity contribution in [3.05, 3.63) is 106 Å². The molecular weight excluding hydrogens is 420 g/mol. The number of carbonyl (C=O) groups is 1. The standard InChI is InChI=1S/C26H24N2O3S/c29-26(28-30)22-12-10-19(11-13-22)15-20(16-27-17-23-7-4-14-32-23)18-31-25-9-3-6-21-5-1-2-8-24(21)25/h1-15,27,30H,16-18H2,(H,28,29)/b20-15-. The average Bonchev–Trinajstić information content (AvgIpc) is 3.36. The number of hydrogen-bond acceptors (Lipinski definition) is 5. The van der Waals surface area contributed by atoms with Gasteiger partial charge in [-0.05, 0) is 46.2 Å². The van der Waals surface area contributed by atoms with E-state index in [1.807, 2.05) is 42.5 Å². The van der Waals surface area contributed by atoms with Crippen LogP contribution < -0.4 is 15.5 Å². The monoisotopic (exact) mass is 444 g/mol. The molecule has 1 heterocycles. The lowest BCUT2D eigenvalue weighted by atomic mass is 10.1. The summed E-state index contributed by atoms with van der Waals surface area (Å²) in [4.78, 5) is 12.8. The molecule has 1 amide bonds. The van der Waals surface area contributed by atoms with Crippen LogP contribution in [0.5, 0.6) is 5.75 Å². The van der Waals surface area contributed by atoms with Gasteiger partial charge in [0.05, 0.1) is 0 Å². The molecule has 5 nitrogen and oxygen atoms in total. The first-order valence-corrected chi connectivity index (χ1v) is 11.2. The van der Waals surface area contributed by atoms with E-state index in [2.05, 4.69) is 41.0 Å². The summed E-state index contributed by atoms with van der Waals surface area (Å²) < 4.78 is 6.22. The molecule has 3 N–H and O–H groups in total. The first kappa shape index (κ1) is 21.8. The van der Waals surface area contributed by atoms with Crippen molar-refractivity contribution in [1.29, 1.82) is 0 Å². The van der Waals surface area contributed by atoms with Gasteiger partial charge in [-0.3, -0.25) is 10.0 Å². The van der Waals surface area contributed by atoms with Crippen LogP contribution in [0.1, 0.15) is 20.8 Å². The van der Waals surface area contributed by atoms with E-state index in [9.17, 15) is 4.79 Å². The van der Waals surface area contributed by atoms with E-state index in [1.165, 1.54) is 4.88 Å². The molecule has 3 aromatic carbocycles. The van der Waals surface area contributed by atoms with E-state index in [-0.39, 0.29) is 0 Å². The molecule has 0 aliphatic rings. The van der Waals surface area contributed by atoms with Gasteiger partial charge in [0, 0.05) is 28.9 Å². The van der Waals surface area contributed by atoms with Crippen molar-refractivity contribution in [3.63, 3.8) is 0 Å². The highest BCUT2D eigenvalue weighted by molar-refractivity contribution is 7.09. The van der Waals surface area contributed by atoms with Crippen LogP contribution in [0.3, 0.4) is 0 Å². The van der Waals surface area contributed by atoms with E-state index in [1.54, 1.807) is 28.9 Å². The molecule has 0 atom stereocenters. The fourth-order valence-electron chi connectivity index (χ4n) is 3.43. The van der Waals surface area contributed by atoms with Gasteiger partial charge in [-0.25, -0.2) is 5.48 Å². The molecule has 4 rings (SSSR count). The van der Waals surface area contributed by atoms with Gasteiger partial charge in [-0.2, -0.15) is 0 Å². The van der Waals surface area contributed by atoms with E-state index in [0.29, 0.717) is 18.7 Å². The van der Waals surface area contributed by atoms with Gasteiger partial charge in [-0.15, -0.1) is 11.3 Å². The van der Waals surface area contributed by atoms with E-state index >= 15 is 0 Å². The van der Waals surface area contributed by atoms with Crippen molar-refractivity contribution in [2.45, 2.75) is 6.54 Å². The topological polar surface area (TPSA) is 70.6 Å². The van der Waals surface area contributed by atoms with E-state index < -0.39 is 5.91 Å². The van der Waals surface area contributed by atoms with Crippen LogP contribution in [-0.4, -0.2) is 24.3 Å². The Morgan fingerprint density at radius 1 is 0.969 bits per heavy atom. The number of carbonyl (C=O) groups excluding carboxylic acids is 1. The number of amides is 1. The molecule has 0 radical (unpaired) electrons. The second-order valence-corrected chi connectivity index (χ2v) is 8.35. The highest BCUT2D eigenvalue weighted by Crippen LogP contribution is 2.25. The Bertz CT molecular complexity index is 1200. The van der Waals surface area contributed by atoms with Crippen molar-refractivity contribution in [3.8, 4) is 5.75 Å². The van der Waals surface area contributed by atoms with Gasteiger partial charge < -0.3 is 10.1 Å². The summed E-state index contributed by atoms with van der Waals surface area (Å²) in [5.41, 5.74) is 4.08. The van der Waals surface area contributed by atoms with Crippen molar-refractivity contribution in [2.24, 2.45) is 0 Å². The molecule has 0 aliphatic carbocycles. The summed E-state index contributed by atoms with van der Waals surface area (Å²) in [5.74, 6) is 0.319. The van der Waals surface area contributed by atoms with Crippen LogP contribution in [0, 0.1) is 0 Å². The van der Waals surface area contributed by atoms with Crippen LogP contribution in [-0.2, 0) is 6.54 Å². The third-order valence-corrected chi connectivity index (χ3v) is 5.92. The lowest BCUT2D eigenvalue weighted by Crippen LogP contribution is -2.19. The molecule has 6 heteroatoms. The lowest BCUT2D eigenvalue weighted by molar-refractivity contribution is 0.0706. The Kier molecular flexibility index (Phi) is 7.30. The number of thiophene rings is 1. The maximum atomic E-state index is 11.6. The molecule has 0 bridgehead atoms. The van der Waals surface area contributed by atoms with Crippen molar-refractivity contribution >= 4 is 34.1 Å². The Balaban J connectivity index is 1.51. The molecule has 0 spiro atoms. The molecule has 162 valence electrons. The zero-order valence-electron chi connectivity index (χ0n) is 17.5. The summed E-state index contributed by atoms with van der Waals surface area (Å²) in [6.07, 6.45) is 2.06. The summed E-state index contributed by atoms with van der Waals surface area (Å²) in [6.45, 7) is 1.89. The van der Waals surface area contributed by atoms with Crippen LogP contribution >= 0.6 is 11.3 Å². The predicted molar refractivity (Wildman–Crippen MR) is 129 cm³/mol. The van der Waals surface area contributed by atoms with Crippen molar-refractivity contribution in [1.82, 2.24) is 10.8 Å². The van der Waals surface area contributed by atoms with Gasteiger partial charge in [-0.1, -0.05) is 60.7 Å². The molecule has 1 aromatic heterocycles. The van der Waals surface area contributed by atoms with Crippen LogP contribution in [0.2, 0.25) is 0 Å². The minimum absolute atomic E-state index is 0.397. The Morgan fingerprint density at radius 2 is 1.78 bits per heavy atom. The minimum atomic E-state index is -0.530. The zero-order valence-corrected chi connectivity index (χ0v) is 18.3. The fourth-order valence-corrected chi connectivity index (χ4v) is 4.10. The second kappa shape index (κ2) is 10.7. The fraction of sp³-hybridized carbons (Fsp3) is 0.115. The largest absolute Gasteiger partial charge is 0.489 e. The van der Waals surface area contributed by atoms with Gasteiger partial charge >= 0.3 is 0 Å². The predicted octanol–water partition coefficient (Wildman–Crippen LogP) is 5.27. The smallest absolute Gasteiger partial charge is 0.274 e. The Labute approximate surface area is 190 Å². The zero-order chi connectivity index (χ0) is 22.2. The maximum Gasteiger partial charge on any atom is 0.274 e. The van der Waals surface area contributed by atoms with Gasteiger partial charge in [0.2, 0.25) is 0 Å². The number of rotatable bonds is 9. The summed E-state index contributed by atoms with van der Waals surface area (Å²) in [5, 5.41) is 16.6. The molecule has 4 aromatic rings. The van der Waals surface area contributed by atoms with E-state index in [0.717, 1.165) is 34.2 Å². The van der Waals surface area contributed by atoms with Crippen LogP contribution in [0.15, 0.2) is 89.8 Å². The molecule has 0 fully saturated rings. The van der Waals surface area contributed by atoms with Crippen LogP contribution in [0.25, 0.3) is 16.8 Å². The molecule has 0 unspecified atom stereocenters. The van der Waals surface area contributed by atoms with Crippen molar-refractivity contribution < 1.29 is 14.7 Å². The van der Waals surface area contributed by atoms with Gasteiger partial charge in [0.15, 0.2) is 0 Å². The highest BCUT2D eigenvalue weighted by atomic mass is 32.1. The second-order valence-electron chi connectivity index (χ2n) is 7.31. The molecule has 0 aliphatic heterocycles. The van der Waals surface area contributed by atoms with Crippen molar-refractivity contribution in [2.75, 3.05) is 13.2 Å². The van der Waals surface area contributed by atoms with E-state index in [4.69, 9.17) is 9.94 Å². The third kappa shape index (κ3) is 5.62. The number of hydrogen-bond donors (Lipinski definition) is 3. The lowest BCUT2D eigenvalue weighted by Gasteiger charge is -2.13. The number of nitrogens with one attached hydrogen (secondary N) is 2. The average molecular weight is 445 g/mol. The Hall–Kier alpha value is -3.45. The number of fused-ring (bicyclic) bond motifs is 1. The van der Waals surface area contributed by atoms with Crippen LogP contribution in [0.4, 0.5) is 0 Å².